The first-order chi connectivity index (χ1) is 8.41. The molecule has 1 unspecified atom stereocenters. The number of hydrogen-bond acceptors (Lipinski definition) is 5. The molecule has 1 saturated heterocycles. The zero-order valence-corrected chi connectivity index (χ0v) is 10.8. The fraction of sp³-hybridized carbons (Fsp3) is 0.727. The minimum absolute atomic E-state index is 0.0677. The van der Waals surface area contributed by atoms with E-state index < -0.39 is 0 Å². The summed E-state index contributed by atoms with van der Waals surface area (Å²) in [5.74, 6) is 0.581. The fourth-order valence-electron chi connectivity index (χ4n) is 2.43. The summed E-state index contributed by atoms with van der Waals surface area (Å²) in [4.78, 5) is 12.6. The zero-order valence-electron chi connectivity index (χ0n) is 10.8. The third-order valence-corrected chi connectivity index (χ3v) is 3.51. The van der Waals surface area contributed by atoms with Crippen molar-refractivity contribution in [3.05, 3.63) is 16.3 Å². The van der Waals surface area contributed by atoms with Crippen LogP contribution < -0.4 is 10.6 Å². The minimum atomic E-state index is -0.380. The van der Waals surface area contributed by atoms with Crippen LogP contribution in [0.3, 0.4) is 0 Å². The second-order valence-electron chi connectivity index (χ2n) is 5.23. The normalized spacial score (nSPS) is 24.9. The van der Waals surface area contributed by atoms with Gasteiger partial charge in [0.25, 0.3) is 0 Å². The number of nitrogens with two attached hydrogens (primary N) is 1. The Morgan fingerprint density at radius 1 is 1.50 bits per heavy atom. The van der Waals surface area contributed by atoms with Gasteiger partial charge in [0, 0.05) is 25.7 Å². The maximum Gasteiger partial charge on any atom is 0.331 e. The average molecular weight is 253 g/mol. The molecule has 7 heteroatoms. The van der Waals surface area contributed by atoms with Crippen molar-refractivity contribution in [2.24, 2.45) is 12.8 Å². The molecule has 2 rings (SSSR count). The van der Waals surface area contributed by atoms with Crippen molar-refractivity contribution in [1.29, 1.82) is 0 Å². The van der Waals surface area contributed by atoms with Gasteiger partial charge in [0.05, 0.1) is 4.92 Å². The third kappa shape index (κ3) is 2.45. The van der Waals surface area contributed by atoms with Gasteiger partial charge in [0.1, 0.15) is 6.20 Å². The summed E-state index contributed by atoms with van der Waals surface area (Å²) in [5, 5.41) is 15.0. The molecule has 1 aromatic rings. The molecule has 0 spiro atoms. The highest BCUT2D eigenvalue weighted by atomic mass is 16.6. The Morgan fingerprint density at radius 2 is 2.22 bits per heavy atom. The lowest BCUT2D eigenvalue weighted by Crippen LogP contribution is -2.37. The molecule has 0 saturated carbocycles. The van der Waals surface area contributed by atoms with Crippen molar-refractivity contribution in [3.63, 3.8) is 0 Å². The number of hydrogen-bond donors (Lipinski definition) is 1. The second kappa shape index (κ2) is 4.56. The maximum atomic E-state index is 11.0. The van der Waals surface area contributed by atoms with E-state index in [0.717, 1.165) is 32.4 Å². The summed E-state index contributed by atoms with van der Waals surface area (Å²) >= 11 is 0. The Morgan fingerprint density at radius 3 is 2.89 bits per heavy atom. The van der Waals surface area contributed by atoms with Gasteiger partial charge in [-0.15, -0.1) is 0 Å². The summed E-state index contributed by atoms with van der Waals surface area (Å²) in [5.41, 5.74) is 6.04. The lowest BCUT2D eigenvalue weighted by molar-refractivity contribution is -0.384. The summed E-state index contributed by atoms with van der Waals surface area (Å²) < 4.78 is 1.57. The molecular formula is C11H19N5O2. The molecule has 0 amide bonds. The van der Waals surface area contributed by atoms with E-state index in [9.17, 15) is 10.1 Å². The average Bonchev–Trinajstić information content (AvgIpc) is 2.56. The molecule has 1 fully saturated rings. The Labute approximate surface area is 106 Å². The standard InChI is InChI=1S/C11H19N5O2/c1-11(12)4-3-6-15(7-5-11)10-9(16(17)18)8-13-14(10)2/h8H,3-7,12H2,1-2H3. The number of anilines is 1. The monoisotopic (exact) mass is 253 g/mol. The van der Waals surface area contributed by atoms with Gasteiger partial charge in [-0.3, -0.25) is 10.1 Å². The van der Waals surface area contributed by atoms with Crippen LogP contribution in [0.4, 0.5) is 11.5 Å². The Bertz CT molecular complexity index is 454. The van der Waals surface area contributed by atoms with Gasteiger partial charge in [-0.1, -0.05) is 0 Å². The van der Waals surface area contributed by atoms with Gasteiger partial charge >= 0.3 is 5.69 Å². The van der Waals surface area contributed by atoms with Gasteiger partial charge < -0.3 is 10.6 Å². The first-order valence-corrected chi connectivity index (χ1v) is 6.11. The third-order valence-electron chi connectivity index (χ3n) is 3.51. The largest absolute Gasteiger partial charge is 0.351 e. The molecular weight excluding hydrogens is 234 g/mol. The van der Waals surface area contributed by atoms with Crippen LogP contribution in [-0.2, 0) is 7.05 Å². The van der Waals surface area contributed by atoms with Gasteiger partial charge in [-0.2, -0.15) is 5.10 Å². The Hall–Kier alpha value is -1.63. The van der Waals surface area contributed by atoms with Gasteiger partial charge in [0.15, 0.2) is 0 Å². The van der Waals surface area contributed by atoms with Crippen LogP contribution in [-0.4, -0.2) is 33.3 Å². The molecule has 0 radical (unpaired) electrons. The molecule has 2 N–H and O–H groups in total. The number of aryl methyl sites for hydroxylation is 1. The van der Waals surface area contributed by atoms with Crippen molar-refractivity contribution in [1.82, 2.24) is 9.78 Å². The van der Waals surface area contributed by atoms with Crippen molar-refractivity contribution < 1.29 is 4.92 Å². The van der Waals surface area contributed by atoms with Crippen LogP contribution in [0.1, 0.15) is 26.2 Å². The smallest absolute Gasteiger partial charge is 0.331 e. The highest BCUT2D eigenvalue weighted by molar-refractivity contribution is 5.57. The van der Waals surface area contributed by atoms with E-state index in [1.807, 2.05) is 11.8 Å². The van der Waals surface area contributed by atoms with Crippen LogP contribution in [0.25, 0.3) is 0 Å². The van der Waals surface area contributed by atoms with Crippen molar-refractivity contribution in [3.8, 4) is 0 Å². The molecule has 0 aromatic carbocycles. The SMILES string of the molecule is Cn1ncc([N+](=O)[O-])c1N1CCCC(C)(N)CC1. The van der Waals surface area contributed by atoms with Crippen molar-refractivity contribution in [2.75, 3.05) is 18.0 Å². The molecule has 0 aliphatic carbocycles. The topological polar surface area (TPSA) is 90.2 Å². The number of aromatic nitrogens is 2. The van der Waals surface area contributed by atoms with Crippen LogP contribution in [0.2, 0.25) is 0 Å². The molecule has 0 bridgehead atoms. The molecule has 1 aliphatic rings. The first-order valence-electron chi connectivity index (χ1n) is 6.11. The van der Waals surface area contributed by atoms with Crippen molar-refractivity contribution >= 4 is 11.5 Å². The van der Waals surface area contributed by atoms with Crippen LogP contribution in [0.15, 0.2) is 6.20 Å². The highest BCUT2D eigenvalue weighted by Gasteiger charge is 2.29. The predicted molar refractivity (Wildman–Crippen MR) is 68.5 cm³/mol. The number of nitro groups is 1. The number of rotatable bonds is 2. The van der Waals surface area contributed by atoms with Crippen LogP contribution in [0, 0.1) is 10.1 Å². The maximum absolute atomic E-state index is 11.0. The van der Waals surface area contributed by atoms with E-state index >= 15 is 0 Å². The molecule has 1 aliphatic heterocycles. The lowest BCUT2D eigenvalue weighted by atomic mass is 9.95. The zero-order chi connectivity index (χ0) is 13.3. The van der Waals surface area contributed by atoms with E-state index in [2.05, 4.69) is 5.10 Å². The molecule has 7 nitrogen and oxygen atoms in total. The fourth-order valence-corrected chi connectivity index (χ4v) is 2.43. The van der Waals surface area contributed by atoms with E-state index in [1.165, 1.54) is 6.20 Å². The van der Waals surface area contributed by atoms with Crippen LogP contribution in [0.5, 0.6) is 0 Å². The molecule has 100 valence electrons. The lowest BCUT2D eigenvalue weighted by Gasteiger charge is -2.24. The quantitative estimate of drug-likeness (QED) is 0.628. The first kappa shape index (κ1) is 12.8. The van der Waals surface area contributed by atoms with Crippen LogP contribution >= 0.6 is 0 Å². The molecule has 2 heterocycles. The van der Waals surface area contributed by atoms with E-state index in [0.29, 0.717) is 5.82 Å². The number of nitrogens with zero attached hydrogens (tertiary/aromatic N) is 4. The molecule has 1 atom stereocenters. The van der Waals surface area contributed by atoms with Gasteiger partial charge in [-0.25, -0.2) is 4.68 Å². The molecule has 18 heavy (non-hydrogen) atoms. The molecule has 1 aromatic heterocycles. The van der Waals surface area contributed by atoms with Gasteiger partial charge in [0.2, 0.25) is 5.82 Å². The summed E-state index contributed by atoms with van der Waals surface area (Å²) in [6.45, 7) is 3.55. The minimum Gasteiger partial charge on any atom is -0.351 e. The van der Waals surface area contributed by atoms with Crippen molar-refractivity contribution in [2.45, 2.75) is 31.7 Å². The summed E-state index contributed by atoms with van der Waals surface area (Å²) in [7, 11) is 1.73. The second-order valence-corrected chi connectivity index (χ2v) is 5.23. The summed E-state index contributed by atoms with van der Waals surface area (Å²) in [6, 6.07) is 0. The van der Waals surface area contributed by atoms with E-state index in [4.69, 9.17) is 5.73 Å². The highest BCUT2D eigenvalue weighted by Crippen LogP contribution is 2.30. The summed E-state index contributed by atoms with van der Waals surface area (Å²) in [6.07, 6.45) is 4.02. The predicted octanol–water partition coefficient (Wildman–Crippen LogP) is 1.04. The Kier molecular flexibility index (Phi) is 3.25. The van der Waals surface area contributed by atoms with Gasteiger partial charge in [-0.05, 0) is 26.2 Å². The van der Waals surface area contributed by atoms with E-state index in [1.54, 1.807) is 11.7 Å². The Balaban J connectivity index is 2.26. The van der Waals surface area contributed by atoms with E-state index in [-0.39, 0.29) is 16.1 Å².